The van der Waals surface area contributed by atoms with Crippen molar-refractivity contribution < 1.29 is 8.83 Å². The van der Waals surface area contributed by atoms with Crippen LogP contribution in [0.3, 0.4) is 0 Å². The van der Waals surface area contributed by atoms with Crippen molar-refractivity contribution in [3.8, 4) is 22.3 Å². The molecule has 0 unspecified atom stereocenters. The Morgan fingerprint density at radius 1 is 0.423 bits per heavy atom. The van der Waals surface area contributed by atoms with Gasteiger partial charge in [0.05, 0.1) is 11.1 Å². The highest BCUT2D eigenvalue weighted by molar-refractivity contribution is 6.13. The van der Waals surface area contributed by atoms with Crippen molar-refractivity contribution in [2.24, 2.45) is 0 Å². The molecule has 0 saturated heterocycles. The van der Waals surface area contributed by atoms with Gasteiger partial charge in [-0.3, -0.25) is 0 Å². The Labute approximate surface area is 301 Å². The summed E-state index contributed by atoms with van der Waals surface area (Å²) in [6.45, 7) is 4.70. The number of hydrogen-bond donors (Lipinski definition) is 0. The van der Waals surface area contributed by atoms with E-state index < -0.39 is 0 Å². The summed E-state index contributed by atoms with van der Waals surface area (Å²) in [4.78, 5) is 2.40. The second-order valence-electron chi connectivity index (χ2n) is 14.5. The monoisotopic (exact) mass is 667 g/mol. The molecule has 0 fully saturated rings. The molecule has 8 aromatic carbocycles. The molecule has 1 aliphatic carbocycles. The van der Waals surface area contributed by atoms with Crippen LogP contribution in [0.25, 0.3) is 76.9 Å². The molecule has 0 spiro atoms. The maximum atomic E-state index is 6.40. The average molecular weight is 668 g/mol. The van der Waals surface area contributed by atoms with Crippen molar-refractivity contribution in [3.05, 3.63) is 175 Å². The lowest BCUT2D eigenvalue weighted by Crippen LogP contribution is -2.16. The highest BCUT2D eigenvalue weighted by atomic mass is 16.3. The Kier molecular flexibility index (Phi) is 6.01. The van der Waals surface area contributed by atoms with E-state index in [1.165, 1.54) is 49.5 Å². The smallest absolute Gasteiger partial charge is 0.137 e. The van der Waals surface area contributed by atoms with Gasteiger partial charge in [-0.25, -0.2) is 0 Å². The van der Waals surface area contributed by atoms with E-state index in [1.807, 2.05) is 12.1 Å². The zero-order valence-corrected chi connectivity index (χ0v) is 28.9. The van der Waals surface area contributed by atoms with Crippen molar-refractivity contribution in [1.82, 2.24) is 0 Å². The van der Waals surface area contributed by atoms with Crippen LogP contribution in [0.2, 0.25) is 0 Å². The van der Waals surface area contributed by atoms with Gasteiger partial charge in [-0.15, -0.1) is 0 Å². The van der Waals surface area contributed by atoms with Gasteiger partial charge in [0.25, 0.3) is 0 Å². The van der Waals surface area contributed by atoms with Crippen LogP contribution in [0.5, 0.6) is 0 Å². The fourth-order valence-corrected chi connectivity index (χ4v) is 8.62. The lowest BCUT2D eigenvalue weighted by Gasteiger charge is -2.29. The molecule has 10 aromatic rings. The average Bonchev–Trinajstić information content (AvgIpc) is 3.82. The summed E-state index contributed by atoms with van der Waals surface area (Å²) in [5.41, 5.74) is 14.2. The molecule has 1 aliphatic rings. The number of fused-ring (bicyclic) bond motifs is 10. The molecular weight excluding hydrogens is 635 g/mol. The first-order valence-electron chi connectivity index (χ1n) is 17.9. The van der Waals surface area contributed by atoms with E-state index in [2.05, 4.69) is 170 Å². The molecule has 0 aliphatic heterocycles. The molecule has 246 valence electrons. The number of benzene rings is 8. The summed E-state index contributed by atoms with van der Waals surface area (Å²) in [6.07, 6.45) is 0. The lowest BCUT2D eigenvalue weighted by atomic mass is 9.82. The predicted octanol–water partition coefficient (Wildman–Crippen LogP) is 14.1. The number of hydrogen-bond acceptors (Lipinski definition) is 3. The van der Waals surface area contributed by atoms with Crippen LogP contribution in [0.4, 0.5) is 17.1 Å². The van der Waals surface area contributed by atoms with Crippen LogP contribution in [0, 0.1) is 0 Å². The minimum Gasteiger partial charge on any atom is -0.456 e. The van der Waals surface area contributed by atoms with Gasteiger partial charge in [-0.05, 0) is 111 Å². The topological polar surface area (TPSA) is 29.5 Å². The molecular formula is C49H33NO2. The number of rotatable bonds is 4. The summed E-state index contributed by atoms with van der Waals surface area (Å²) in [5.74, 6) is 0. The highest BCUT2D eigenvalue weighted by Gasteiger charge is 2.37. The normalized spacial score (nSPS) is 13.3. The second kappa shape index (κ2) is 10.7. The van der Waals surface area contributed by atoms with E-state index in [4.69, 9.17) is 8.83 Å². The summed E-state index contributed by atoms with van der Waals surface area (Å²) in [7, 11) is 0. The molecule has 3 heteroatoms. The molecule has 2 aromatic heterocycles. The third-order valence-electron chi connectivity index (χ3n) is 11.2. The van der Waals surface area contributed by atoms with Crippen molar-refractivity contribution in [1.29, 1.82) is 0 Å². The zero-order chi connectivity index (χ0) is 34.6. The van der Waals surface area contributed by atoms with Crippen LogP contribution in [-0.2, 0) is 5.41 Å². The minimum atomic E-state index is -0.215. The largest absolute Gasteiger partial charge is 0.456 e. The van der Waals surface area contributed by atoms with Gasteiger partial charge in [0.2, 0.25) is 0 Å². The minimum absolute atomic E-state index is 0.215. The summed E-state index contributed by atoms with van der Waals surface area (Å²) < 4.78 is 12.8. The molecule has 3 nitrogen and oxygen atoms in total. The van der Waals surface area contributed by atoms with E-state index in [1.54, 1.807) is 0 Å². The van der Waals surface area contributed by atoms with E-state index >= 15 is 0 Å². The second-order valence-corrected chi connectivity index (χ2v) is 14.5. The maximum Gasteiger partial charge on any atom is 0.137 e. The Hall–Kier alpha value is -6.58. The lowest BCUT2D eigenvalue weighted by molar-refractivity contribution is 0.658. The molecule has 52 heavy (non-hydrogen) atoms. The number of anilines is 3. The molecule has 11 rings (SSSR count). The van der Waals surface area contributed by atoms with Crippen LogP contribution in [0.1, 0.15) is 25.0 Å². The Morgan fingerprint density at radius 2 is 1.08 bits per heavy atom. The van der Waals surface area contributed by atoms with Gasteiger partial charge < -0.3 is 13.7 Å². The summed E-state index contributed by atoms with van der Waals surface area (Å²) >= 11 is 0. The van der Waals surface area contributed by atoms with Gasteiger partial charge in [0.15, 0.2) is 0 Å². The fourth-order valence-electron chi connectivity index (χ4n) is 8.62. The van der Waals surface area contributed by atoms with Gasteiger partial charge in [-0.1, -0.05) is 111 Å². The van der Waals surface area contributed by atoms with Crippen molar-refractivity contribution in [2.75, 3.05) is 4.90 Å². The van der Waals surface area contributed by atoms with E-state index in [0.29, 0.717) is 0 Å². The highest BCUT2D eigenvalue weighted by Crippen LogP contribution is 2.53. The zero-order valence-electron chi connectivity index (χ0n) is 28.9. The number of furan rings is 2. The molecule has 0 atom stereocenters. The molecule has 0 radical (unpaired) electrons. The molecule has 0 amide bonds. The van der Waals surface area contributed by atoms with Crippen LogP contribution >= 0.6 is 0 Å². The van der Waals surface area contributed by atoms with E-state index in [0.717, 1.165) is 55.6 Å². The molecule has 2 heterocycles. The maximum absolute atomic E-state index is 6.40. The Morgan fingerprint density at radius 3 is 1.92 bits per heavy atom. The van der Waals surface area contributed by atoms with Crippen LogP contribution in [0.15, 0.2) is 173 Å². The molecule has 0 saturated carbocycles. The summed E-state index contributed by atoms with van der Waals surface area (Å²) in [5, 5.41) is 7.03. The SMILES string of the molecule is CC1(C)c2cc(N(c3ccc(-c4ccc5ccccc5c4)cc3)c3cccc4oc5ccccc5c34)ccc2-c2cc3oc4ccccc4c3cc21. The van der Waals surface area contributed by atoms with Gasteiger partial charge in [0, 0.05) is 32.9 Å². The van der Waals surface area contributed by atoms with E-state index in [9.17, 15) is 0 Å². The first-order valence-corrected chi connectivity index (χ1v) is 17.9. The Bertz CT molecular complexity index is 3050. The van der Waals surface area contributed by atoms with Crippen molar-refractivity contribution >= 4 is 71.7 Å². The quantitative estimate of drug-likeness (QED) is 0.187. The first-order chi connectivity index (χ1) is 25.5. The first kappa shape index (κ1) is 29.2. The predicted molar refractivity (Wildman–Crippen MR) is 216 cm³/mol. The third kappa shape index (κ3) is 4.20. The molecule has 0 N–H and O–H groups in total. The van der Waals surface area contributed by atoms with Crippen LogP contribution in [-0.4, -0.2) is 0 Å². The van der Waals surface area contributed by atoms with Crippen molar-refractivity contribution in [2.45, 2.75) is 19.3 Å². The van der Waals surface area contributed by atoms with Crippen LogP contribution < -0.4 is 4.90 Å². The van der Waals surface area contributed by atoms with Gasteiger partial charge in [0.1, 0.15) is 22.3 Å². The summed E-state index contributed by atoms with van der Waals surface area (Å²) in [6, 6.07) is 58.8. The molecule has 0 bridgehead atoms. The third-order valence-corrected chi connectivity index (χ3v) is 11.2. The van der Waals surface area contributed by atoms with E-state index in [-0.39, 0.29) is 5.41 Å². The Balaban J connectivity index is 1.09. The fraction of sp³-hybridized carbons (Fsp3) is 0.0612. The number of nitrogens with zero attached hydrogens (tertiary/aromatic N) is 1. The van der Waals surface area contributed by atoms with Gasteiger partial charge >= 0.3 is 0 Å². The van der Waals surface area contributed by atoms with Crippen molar-refractivity contribution in [3.63, 3.8) is 0 Å². The standard InChI is InChI=1S/C49H33NO2/c1-49(2)41-27-35(24-25-36(41)39-29-47-40(28-42(39)49)37-12-5-7-15-44(37)52-47)50(43-14-9-17-46-48(43)38-13-6-8-16-45(38)51-46)34-22-20-31(21-23-34)33-19-18-30-10-3-4-11-32(30)26-33/h3-29H,1-2H3. The number of para-hydroxylation sites is 2. The van der Waals surface area contributed by atoms with Gasteiger partial charge in [-0.2, -0.15) is 0 Å².